The average molecular weight is 325 g/mol. The van der Waals surface area contributed by atoms with Crippen LogP contribution in [0.1, 0.15) is 11.2 Å². The number of ether oxygens (including phenoxy) is 1. The molecule has 2 N–H and O–H groups in total. The number of nitrogens with zero attached hydrogens (tertiary/aromatic N) is 2. The lowest BCUT2D eigenvalue weighted by molar-refractivity contribution is -0.385. The minimum Gasteiger partial charge on any atom is -0.440 e. The number of hydrogen-bond acceptors (Lipinski definition) is 8. The van der Waals surface area contributed by atoms with Gasteiger partial charge in [-0.15, -0.1) is 0 Å². The van der Waals surface area contributed by atoms with Crippen molar-refractivity contribution in [3.63, 3.8) is 0 Å². The van der Waals surface area contributed by atoms with Crippen LogP contribution < -0.4 is 10.5 Å². The summed E-state index contributed by atoms with van der Waals surface area (Å²) in [7, 11) is -1.66. The van der Waals surface area contributed by atoms with Crippen molar-refractivity contribution in [2.24, 2.45) is 5.73 Å². The molecular weight excluding hydrogens is 313 g/mol. The second-order valence-electron chi connectivity index (χ2n) is 4.25. The van der Waals surface area contributed by atoms with Crippen LogP contribution in [0, 0.1) is 21.4 Å². The molecule has 0 spiro atoms. The minimum absolute atomic E-state index is 0.0324. The van der Waals surface area contributed by atoms with Gasteiger partial charge in [0.1, 0.15) is 23.1 Å². The predicted molar refractivity (Wildman–Crippen MR) is 74.9 cm³/mol. The van der Waals surface area contributed by atoms with Crippen LogP contribution in [0.25, 0.3) is 0 Å². The number of fused-ring (bicyclic) bond motifs is 1. The Morgan fingerprint density at radius 3 is 2.59 bits per heavy atom. The highest BCUT2D eigenvalue weighted by Crippen LogP contribution is 2.66. The SMILES string of the molecule is COP(=O)(OC)C1C(C#N)=C(N)Oc2cccc([N+](=O)[O-])c21. The molecule has 2 rings (SSSR count). The molecule has 1 aromatic rings. The third-order valence-electron chi connectivity index (χ3n) is 3.22. The molecule has 1 aliphatic heterocycles. The summed E-state index contributed by atoms with van der Waals surface area (Å²) in [6.45, 7) is 0. The van der Waals surface area contributed by atoms with Gasteiger partial charge in [0.05, 0.1) is 10.5 Å². The van der Waals surface area contributed by atoms with Crippen molar-refractivity contribution in [3.05, 3.63) is 45.3 Å². The van der Waals surface area contributed by atoms with Gasteiger partial charge < -0.3 is 19.5 Å². The summed E-state index contributed by atoms with van der Waals surface area (Å²) in [4.78, 5) is 10.6. The standard InChI is InChI=1S/C12H12N3O6P/c1-19-22(18,20-2)11-7(6-13)12(14)21-9-5-3-4-8(10(9)11)15(16)17/h3-5,11H,14H2,1-2H3. The van der Waals surface area contributed by atoms with Crippen LogP contribution in [0.5, 0.6) is 5.75 Å². The lowest BCUT2D eigenvalue weighted by Gasteiger charge is -2.29. The molecule has 1 unspecified atom stereocenters. The zero-order valence-corrected chi connectivity index (χ0v) is 12.6. The average Bonchev–Trinajstić information content (AvgIpc) is 2.51. The van der Waals surface area contributed by atoms with Crippen molar-refractivity contribution in [2.45, 2.75) is 5.66 Å². The number of nitrogens with two attached hydrogens (primary N) is 1. The van der Waals surface area contributed by atoms with Crippen molar-refractivity contribution < 1.29 is 23.3 Å². The number of benzene rings is 1. The Bertz CT molecular complexity index is 746. The maximum absolute atomic E-state index is 12.8. The molecule has 0 saturated heterocycles. The van der Waals surface area contributed by atoms with Crippen molar-refractivity contribution in [1.82, 2.24) is 0 Å². The molecule has 0 fully saturated rings. The molecule has 0 saturated carbocycles. The Balaban J connectivity index is 2.84. The zero-order chi connectivity index (χ0) is 16.5. The Labute approximate surface area is 125 Å². The summed E-state index contributed by atoms with van der Waals surface area (Å²) in [6.07, 6.45) is 0. The number of nitro benzene ring substituents is 1. The van der Waals surface area contributed by atoms with Gasteiger partial charge in [-0.3, -0.25) is 14.7 Å². The third kappa shape index (κ3) is 2.33. The van der Waals surface area contributed by atoms with E-state index in [9.17, 15) is 19.9 Å². The van der Waals surface area contributed by atoms with Crippen LogP contribution in [0.15, 0.2) is 29.7 Å². The topological polar surface area (TPSA) is 138 Å². The summed E-state index contributed by atoms with van der Waals surface area (Å²) in [5, 5.41) is 20.5. The van der Waals surface area contributed by atoms with E-state index in [4.69, 9.17) is 19.5 Å². The molecule has 1 aromatic carbocycles. The summed E-state index contributed by atoms with van der Waals surface area (Å²) >= 11 is 0. The van der Waals surface area contributed by atoms with Gasteiger partial charge >= 0.3 is 7.60 Å². The molecule has 0 amide bonds. The molecule has 0 radical (unpaired) electrons. The second-order valence-corrected chi connectivity index (χ2v) is 6.57. The van der Waals surface area contributed by atoms with E-state index in [-0.39, 0.29) is 28.5 Å². The molecule has 22 heavy (non-hydrogen) atoms. The van der Waals surface area contributed by atoms with Crippen LogP contribution in [0.3, 0.4) is 0 Å². The first kappa shape index (κ1) is 16.0. The van der Waals surface area contributed by atoms with E-state index < -0.39 is 18.2 Å². The fourth-order valence-electron chi connectivity index (χ4n) is 2.23. The number of nitro groups is 1. The van der Waals surface area contributed by atoms with Gasteiger partial charge in [-0.1, -0.05) is 6.07 Å². The number of rotatable bonds is 4. The van der Waals surface area contributed by atoms with E-state index in [0.717, 1.165) is 14.2 Å². The quantitative estimate of drug-likeness (QED) is 0.505. The smallest absolute Gasteiger partial charge is 0.343 e. The van der Waals surface area contributed by atoms with Crippen LogP contribution in [-0.4, -0.2) is 19.1 Å². The molecule has 10 heteroatoms. The normalized spacial score (nSPS) is 17.4. The van der Waals surface area contributed by atoms with Gasteiger partial charge in [-0.25, -0.2) is 0 Å². The molecule has 0 aromatic heterocycles. The van der Waals surface area contributed by atoms with E-state index in [1.54, 1.807) is 6.07 Å². The highest BCUT2D eigenvalue weighted by atomic mass is 31.2. The lowest BCUT2D eigenvalue weighted by Crippen LogP contribution is -2.22. The van der Waals surface area contributed by atoms with Crippen LogP contribution in [0.2, 0.25) is 0 Å². The third-order valence-corrected chi connectivity index (χ3v) is 5.38. The van der Waals surface area contributed by atoms with Gasteiger partial charge in [-0.2, -0.15) is 5.26 Å². The van der Waals surface area contributed by atoms with E-state index in [1.165, 1.54) is 18.2 Å². The fourth-order valence-corrected chi connectivity index (χ4v) is 3.87. The fraction of sp³-hybridized carbons (Fsp3) is 0.250. The molecule has 1 aliphatic rings. The minimum atomic E-state index is -3.91. The molecule has 0 bridgehead atoms. The van der Waals surface area contributed by atoms with E-state index >= 15 is 0 Å². The Morgan fingerprint density at radius 1 is 1.45 bits per heavy atom. The molecular formula is C12H12N3O6P. The molecule has 0 aliphatic carbocycles. The van der Waals surface area contributed by atoms with Gasteiger partial charge in [0.15, 0.2) is 0 Å². The van der Waals surface area contributed by atoms with Crippen molar-refractivity contribution in [2.75, 3.05) is 14.2 Å². The molecule has 1 atom stereocenters. The molecule has 116 valence electrons. The summed E-state index contributed by atoms with van der Waals surface area (Å²) in [6, 6.07) is 5.78. The van der Waals surface area contributed by atoms with Gasteiger partial charge in [0.2, 0.25) is 5.88 Å². The Hall–Kier alpha value is -2.40. The second kappa shape index (κ2) is 5.77. The first-order valence-electron chi connectivity index (χ1n) is 5.95. The van der Waals surface area contributed by atoms with E-state index in [0.29, 0.717) is 0 Å². The summed E-state index contributed by atoms with van der Waals surface area (Å²) in [5.41, 5.74) is 3.65. The van der Waals surface area contributed by atoms with Crippen molar-refractivity contribution >= 4 is 13.3 Å². The van der Waals surface area contributed by atoms with Crippen molar-refractivity contribution in [3.8, 4) is 11.8 Å². The molecule has 1 heterocycles. The van der Waals surface area contributed by atoms with Crippen LogP contribution >= 0.6 is 7.60 Å². The van der Waals surface area contributed by atoms with Gasteiger partial charge in [0, 0.05) is 20.3 Å². The maximum atomic E-state index is 12.8. The van der Waals surface area contributed by atoms with Crippen LogP contribution in [-0.2, 0) is 13.6 Å². The summed E-state index contributed by atoms with van der Waals surface area (Å²) in [5.74, 6) is -0.264. The highest BCUT2D eigenvalue weighted by Gasteiger charge is 2.48. The monoisotopic (exact) mass is 325 g/mol. The maximum Gasteiger partial charge on any atom is 0.343 e. The number of allylic oxidation sites excluding steroid dienone is 1. The predicted octanol–water partition coefficient (Wildman–Crippen LogP) is 2.21. The van der Waals surface area contributed by atoms with E-state index in [1.807, 2.05) is 0 Å². The Morgan fingerprint density at radius 2 is 2.09 bits per heavy atom. The van der Waals surface area contributed by atoms with E-state index in [2.05, 4.69) is 0 Å². The van der Waals surface area contributed by atoms with Crippen molar-refractivity contribution in [1.29, 1.82) is 5.26 Å². The number of hydrogen-bond donors (Lipinski definition) is 1. The van der Waals surface area contributed by atoms with Gasteiger partial charge in [0.25, 0.3) is 5.69 Å². The molecule has 9 nitrogen and oxygen atoms in total. The summed E-state index contributed by atoms with van der Waals surface area (Å²) < 4.78 is 27.9. The van der Waals surface area contributed by atoms with Crippen LogP contribution in [0.4, 0.5) is 5.69 Å². The first-order chi connectivity index (χ1) is 10.4. The lowest BCUT2D eigenvalue weighted by atomic mass is 10.0. The van der Waals surface area contributed by atoms with Gasteiger partial charge in [-0.05, 0) is 6.07 Å². The largest absolute Gasteiger partial charge is 0.440 e. The Kier molecular flexibility index (Phi) is 4.19. The zero-order valence-electron chi connectivity index (χ0n) is 11.7. The number of nitriles is 1. The first-order valence-corrected chi connectivity index (χ1v) is 7.56. The highest BCUT2D eigenvalue weighted by molar-refractivity contribution is 7.54.